The number of halogens is 4. The maximum Gasteiger partial charge on any atom is 0.422 e. The van der Waals surface area contributed by atoms with Gasteiger partial charge in [0, 0.05) is 20.1 Å². The average Bonchev–Trinajstić information content (AvgIpc) is 3.37. The van der Waals surface area contributed by atoms with Crippen LogP contribution in [0.15, 0.2) is 23.2 Å². The lowest BCUT2D eigenvalue weighted by atomic mass is 10.2. The number of aliphatic imine (C=N–C) groups is 1. The zero-order valence-electron chi connectivity index (χ0n) is 14.2. The van der Waals surface area contributed by atoms with Gasteiger partial charge in [-0.05, 0) is 36.5 Å². The first-order valence-electron chi connectivity index (χ1n) is 7.72. The van der Waals surface area contributed by atoms with E-state index in [1.807, 2.05) is 0 Å². The number of ether oxygens (including phenoxy) is 2. The largest absolute Gasteiger partial charge is 0.493 e. The molecule has 0 aliphatic heterocycles. The first-order valence-corrected chi connectivity index (χ1v) is 7.72. The second kappa shape index (κ2) is 9.93. The average molecular weight is 473 g/mol. The molecule has 0 saturated heterocycles. The molecular formula is C16H23F3IN3O2. The van der Waals surface area contributed by atoms with E-state index in [2.05, 4.69) is 15.6 Å². The Morgan fingerprint density at radius 2 is 1.96 bits per heavy atom. The molecule has 142 valence electrons. The van der Waals surface area contributed by atoms with Gasteiger partial charge in [0.15, 0.2) is 24.1 Å². The minimum Gasteiger partial charge on any atom is -0.493 e. The number of rotatable bonds is 7. The second-order valence-electron chi connectivity index (χ2n) is 5.64. The number of hydrogen-bond acceptors (Lipinski definition) is 3. The summed E-state index contributed by atoms with van der Waals surface area (Å²) in [6, 6.07) is 4.81. The van der Waals surface area contributed by atoms with Crippen molar-refractivity contribution in [2.45, 2.75) is 25.6 Å². The molecule has 0 bridgehead atoms. The van der Waals surface area contributed by atoms with Crippen molar-refractivity contribution in [1.82, 2.24) is 10.6 Å². The summed E-state index contributed by atoms with van der Waals surface area (Å²) in [5.41, 5.74) is 0.848. The van der Waals surface area contributed by atoms with E-state index in [1.165, 1.54) is 26.0 Å². The van der Waals surface area contributed by atoms with E-state index < -0.39 is 12.8 Å². The fraction of sp³-hybridized carbons (Fsp3) is 0.562. The van der Waals surface area contributed by atoms with Crippen LogP contribution in [0.2, 0.25) is 0 Å². The highest BCUT2D eigenvalue weighted by Gasteiger charge is 2.29. The van der Waals surface area contributed by atoms with Crippen molar-refractivity contribution in [3.05, 3.63) is 23.8 Å². The molecule has 0 spiro atoms. The summed E-state index contributed by atoms with van der Waals surface area (Å²) in [6.07, 6.45) is -1.88. The van der Waals surface area contributed by atoms with Crippen LogP contribution in [0, 0.1) is 5.92 Å². The molecule has 0 heterocycles. The number of guanidine groups is 1. The minimum absolute atomic E-state index is 0. The highest BCUT2D eigenvalue weighted by molar-refractivity contribution is 14.0. The van der Waals surface area contributed by atoms with Crippen LogP contribution >= 0.6 is 24.0 Å². The lowest BCUT2D eigenvalue weighted by Gasteiger charge is -2.15. The van der Waals surface area contributed by atoms with Crippen molar-refractivity contribution >= 4 is 29.9 Å². The molecule has 25 heavy (non-hydrogen) atoms. The van der Waals surface area contributed by atoms with E-state index >= 15 is 0 Å². The standard InChI is InChI=1S/C16H22F3N3O2.HI/c1-20-15(21-8-11-3-4-11)22-9-12-5-6-13(14(7-12)23-2)24-10-16(17,18)19;/h5-7,11H,3-4,8-10H2,1-2H3,(H2,20,21,22);1H. The predicted molar refractivity (Wildman–Crippen MR) is 101 cm³/mol. The zero-order valence-corrected chi connectivity index (χ0v) is 16.5. The highest BCUT2D eigenvalue weighted by Crippen LogP contribution is 2.30. The Bertz CT molecular complexity index is 578. The molecule has 1 aliphatic rings. The lowest BCUT2D eigenvalue weighted by molar-refractivity contribution is -0.153. The zero-order chi connectivity index (χ0) is 17.6. The molecule has 0 aromatic heterocycles. The molecule has 1 fully saturated rings. The van der Waals surface area contributed by atoms with Gasteiger partial charge >= 0.3 is 6.18 Å². The number of alkyl halides is 3. The Morgan fingerprint density at radius 3 is 2.52 bits per heavy atom. The predicted octanol–water partition coefficient (Wildman–Crippen LogP) is 3.33. The Kier molecular flexibility index (Phi) is 8.60. The summed E-state index contributed by atoms with van der Waals surface area (Å²) in [6.45, 7) is 0.0200. The molecule has 0 atom stereocenters. The van der Waals surface area contributed by atoms with E-state index in [9.17, 15) is 13.2 Å². The summed E-state index contributed by atoms with van der Waals surface area (Å²) in [4.78, 5) is 4.13. The van der Waals surface area contributed by atoms with Gasteiger partial charge in [-0.25, -0.2) is 0 Å². The fourth-order valence-corrected chi connectivity index (χ4v) is 2.07. The summed E-state index contributed by atoms with van der Waals surface area (Å²) >= 11 is 0. The Morgan fingerprint density at radius 1 is 1.24 bits per heavy atom. The van der Waals surface area contributed by atoms with Gasteiger partial charge in [-0.15, -0.1) is 24.0 Å². The molecule has 1 aromatic rings. The van der Waals surface area contributed by atoms with E-state index in [1.54, 1.807) is 19.2 Å². The second-order valence-corrected chi connectivity index (χ2v) is 5.64. The van der Waals surface area contributed by atoms with E-state index in [4.69, 9.17) is 9.47 Å². The number of benzene rings is 1. The van der Waals surface area contributed by atoms with Gasteiger partial charge in [0.1, 0.15) is 0 Å². The SMILES string of the molecule is CN=C(NCc1ccc(OCC(F)(F)F)c(OC)c1)NCC1CC1.I. The molecule has 0 amide bonds. The molecule has 2 rings (SSSR count). The fourth-order valence-electron chi connectivity index (χ4n) is 2.07. The maximum atomic E-state index is 12.2. The van der Waals surface area contributed by atoms with Crippen LogP contribution in [0.25, 0.3) is 0 Å². The van der Waals surface area contributed by atoms with Gasteiger partial charge in [0.2, 0.25) is 0 Å². The molecule has 0 radical (unpaired) electrons. The maximum absolute atomic E-state index is 12.2. The van der Waals surface area contributed by atoms with Crippen LogP contribution in [0.3, 0.4) is 0 Å². The van der Waals surface area contributed by atoms with E-state index in [-0.39, 0.29) is 35.5 Å². The first-order chi connectivity index (χ1) is 11.4. The molecule has 0 unspecified atom stereocenters. The van der Waals surface area contributed by atoms with Crippen LogP contribution in [0.5, 0.6) is 11.5 Å². The number of methoxy groups -OCH3 is 1. The van der Waals surface area contributed by atoms with Gasteiger partial charge in [0.05, 0.1) is 7.11 Å². The van der Waals surface area contributed by atoms with Gasteiger partial charge in [-0.3, -0.25) is 4.99 Å². The third-order valence-electron chi connectivity index (χ3n) is 3.56. The van der Waals surface area contributed by atoms with Crippen LogP contribution < -0.4 is 20.1 Å². The summed E-state index contributed by atoms with van der Waals surface area (Å²) in [5.74, 6) is 1.75. The van der Waals surface area contributed by atoms with Gasteiger partial charge in [0.25, 0.3) is 0 Å². The molecule has 1 aliphatic carbocycles. The number of nitrogens with zero attached hydrogens (tertiary/aromatic N) is 1. The summed E-state index contributed by atoms with van der Waals surface area (Å²) in [5, 5.41) is 6.39. The van der Waals surface area contributed by atoms with Crippen LogP contribution in [0.1, 0.15) is 18.4 Å². The Labute approximate surface area is 162 Å². The van der Waals surface area contributed by atoms with Crippen molar-refractivity contribution in [2.24, 2.45) is 10.9 Å². The monoisotopic (exact) mass is 473 g/mol. The molecule has 9 heteroatoms. The quantitative estimate of drug-likeness (QED) is 0.363. The number of nitrogens with one attached hydrogen (secondary N) is 2. The third-order valence-corrected chi connectivity index (χ3v) is 3.56. The first kappa shape index (κ1) is 21.7. The smallest absolute Gasteiger partial charge is 0.422 e. The summed E-state index contributed by atoms with van der Waals surface area (Å²) < 4.78 is 46.6. The van der Waals surface area contributed by atoms with Gasteiger partial charge in [-0.2, -0.15) is 13.2 Å². The van der Waals surface area contributed by atoms with Crippen molar-refractivity contribution in [2.75, 3.05) is 27.3 Å². The molecule has 1 aromatic carbocycles. The topological polar surface area (TPSA) is 54.9 Å². The van der Waals surface area contributed by atoms with Crippen LogP contribution in [-0.4, -0.2) is 39.4 Å². The van der Waals surface area contributed by atoms with E-state index in [0.717, 1.165) is 18.0 Å². The van der Waals surface area contributed by atoms with E-state index in [0.29, 0.717) is 12.5 Å². The third kappa shape index (κ3) is 8.02. The Hall–Kier alpha value is -1.39. The summed E-state index contributed by atoms with van der Waals surface area (Å²) in [7, 11) is 3.08. The molecule has 5 nitrogen and oxygen atoms in total. The van der Waals surface area contributed by atoms with Crippen molar-refractivity contribution in [3.8, 4) is 11.5 Å². The van der Waals surface area contributed by atoms with Crippen molar-refractivity contribution in [1.29, 1.82) is 0 Å². The van der Waals surface area contributed by atoms with Crippen molar-refractivity contribution in [3.63, 3.8) is 0 Å². The Balaban J connectivity index is 0.00000312. The molecule has 2 N–H and O–H groups in total. The van der Waals surface area contributed by atoms with Crippen molar-refractivity contribution < 1.29 is 22.6 Å². The van der Waals surface area contributed by atoms with Gasteiger partial charge < -0.3 is 20.1 Å². The van der Waals surface area contributed by atoms with Crippen LogP contribution in [0.4, 0.5) is 13.2 Å². The lowest BCUT2D eigenvalue weighted by Crippen LogP contribution is -2.37. The highest BCUT2D eigenvalue weighted by atomic mass is 127. The van der Waals surface area contributed by atoms with Gasteiger partial charge in [-0.1, -0.05) is 6.07 Å². The van der Waals surface area contributed by atoms with Crippen LogP contribution in [-0.2, 0) is 6.54 Å². The molecular weight excluding hydrogens is 450 g/mol. The molecule has 1 saturated carbocycles. The number of hydrogen-bond donors (Lipinski definition) is 2. The normalized spacial score (nSPS) is 14.5. The minimum atomic E-state index is -4.38.